The molecule has 0 unspecified atom stereocenters. The molecule has 0 radical (unpaired) electrons. The molecule has 0 aliphatic carbocycles. The molecule has 2 heterocycles. The fourth-order valence-corrected chi connectivity index (χ4v) is 4.67. The van der Waals surface area contributed by atoms with Crippen LogP contribution in [0.3, 0.4) is 0 Å². The lowest BCUT2D eigenvalue weighted by atomic mass is 9.85. The number of carbonyl (C=O) groups excluding carboxylic acids is 2. The van der Waals surface area contributed by atoms with Gasteiger partial charge in [-0.15, -0.1) is 0 Å². The number of aryl methyl sites for hydroxylation is 1. The summed E-state index contributed by atoms with van der Waals surface area (Å²) in [7, 11) is 0. The number of aromatic nitrogens is 1. The molecule has 7 nitrogen and oxygen atoms in total. The molecule has 7 heteroatoms. The van der Waals surface area contributed by atoms with Crippen molar-refractivity contribution in [1.29, 1.82) is 0 Å². The van der Waals surface area contributed by atoms with E-state index in [0.717, 1.165) is 36.3 Å². The van der Waals surface area contributed by atoms with Gasteiger partial charge < -0.3 is 15.2 Å². The smallest absolute Gasteiger partial charge is 0.289 e. The van der Waals surface area contributed by atoms with Crippen LogP contribution in [0.4, 0.5) is 5.69 Å². The van der Waals surface area contributed by atoms with E-state index in [-0.39, 0.29) is 28.4 Å². The first-order chi connectivity index (χ1) is 18.3. The molecule has 1 aliphatic heterocycles. The van der Waals surface area contributed by atoms with Crippen LogP contribution in [0.5, 0.6) is 0 Å². The van der Waals surface area contributed by atoms with E-state index in [0.29, 0.717) is 23.5 Å². The van der Waals surface area contributed by atoms with E-state index >= 15 is 0 Å². The zero-order chi connectivity index (χ0) is 28.4. The molecule has 208 valence electrons. The average Bonchev–Trinajstić information content (AvgIpc) is 3.55. The molecule has 39 heavy (non-hydrogen) atoms. The highest BCUT2D eigenvalue weighted by atomic mass is 16.5. The standard InChI is InChI=1S/C32H42N4O3/c1-21-10-11-25(17-26(21)27-18-28(39-35-27)30(38)33-20-31(2,3)4)34-29(37)23-14-22(19-36-12-8-9-13-36)15-24(16-23)32(5,6)7/h10-11,14-18H,8-9,12-13,19-20H2,1-7H3,(H,33,38)(H,34,37). The highest BCUT2D eigenvalue weighted by molar-refractivity contribution is 6.05. The zero-order valence-corrected chi connectivity index (χ0v) is 24.4. The Hall–Kier alpha value is -3.45. The number of nitrogens with one attached hydrogen (secondary N) is 2. The minimum atomic E-state index is -0.297. The molecule has 2 N–H and O–H groups in total. The van der Waals surface area contributed by atoms with Crippen LogP contribution in [0, 0.1) is 12.3 Å². The summed E-state index contributed by atoms with van der Waals surface area (Å²) in [6.07, 6.45) is 2.47. The van der Waals surface area contributed by atoms with Gasteiger partial charge in [-0.2, -0.15) is 0 Å². The number of anilines is 1. The van der Waals surface area contributed by atoms with E-state index in [9.17, 15) is 9.59 Å². The molecule has 4 rings (SSSR count). The summed E-state index contributed by atoms with van der Waals surface area (Å²) in [4.78, 5) is 28.4. The maximum Gasteiger partial charge on any atom is 0.289 e. The first kappa shape index (κ1) is 28.6. The van der Waals surface area contributed by atoms with Crippen LogP contribution in [0.15, 0.2) is 47.0 Å². The van der Waals surface area contributed by atoms with Crippen molar-refractivity contribution in [1.82, 2.24) is 15.4 Å². The van der Waals surface area contributed by atoms with Gasteiger partial charge in [0.1, 0.15) is 5.69 Å². The molecule has 0 atom stereocenters. The van der Waals surface area contributed by atoms with Gasteiger partial charge in [0.25, 0.3) is 11.8 Å². The van der Waals surface area contributed by atoms with Crippen molar-refractivity contribution < 1.29 is 14.1 Å². The Morgan fingerprint density at radius 3 is 2.33 bits per heavy atom. The summed E-state index contributed by atoms with van der Waals surface area (Å²) in [6, 6.07) is 13.6. The van der Waals surface area contributed by atoms with Gasteiger partial charge in [-0.3, -0.25) is 14.5 Å². The van der Waals surface area contributed by atoms with Crippen molar-refractivity contribution in [2.45, 2.75) is 73.3 Å². The summed E-state index contributed by atoms with van der Waals surface area (Å²) < 4.78 is 5.35. The van der Waals surface area contributed by atoms with Gasteiger partial charge in [-0.05, 0) is 84.6 Å². The van der Waals surface area contributed by atoms with Crippen molar-refractivity contribution in [2.24, 2.45) is 5.41 Å². The molecule has 1 aliphatic rings. The molecule has 2 aromatic carbocycles. The summed E-state index contributed by atoms with van der Waals surface area (Å²) in [5.41, 5.74) is 5.82. The van der Waals surface area contributed by atoms with Crippen molar-refractivity contribution in [3.8, 4) is 11.3 Å². The summed E-state index contributed by atoms with van der Waals surface area (Å²) >= 11 is 0. The van der Waals surface area contributed by atoms with Crippen LogP contribution < -0.4 is 10.6 Å². The second kappa shape index (κ2) is 11.3. The SMILES string of the molecule is Cc1ccc(NC(=O)c2cc(CN3CCCC3)cc(C(C)(C)C)c2)cc1-c1cc(C(=O)NCC(C)(C)C)on1. The van der Waals surface area contributed by atoms with Crippen molar-refractivity contribution >= 4 is 17.5 Å². The highest BCUT2D eigenvalue weighted by Gasteiger charge is 2.21. The second-order valence-electron chi connectivity index (χ2n) is 13.0. The van der Waals surface area contributed by atoms with Gasteiger partial charge in [0.15, 0.2) is 0 Å². The van der Waals surface area contributed by atoms with Gasteiger partial charge >= 0.3 is 0 Å². The maximum atomic E-state index is 13.4. The largest absolute Gasteiger partial charge is 0.350 e. The van der Waals surface area contributed by atoms with Gasteiger partial charge in [0.2, 0.25) is 5.76 Å². The van der Waals surface area contributed by atoms with Crippen LogP contribution in [-0.2, 0) is 12.0 Å². The number of likely N-dealkylation sites (tertiary alicyclic amines) is 1. The maximum absolute atomic E-state index is 13.4. The Labute approximate surface area is 232 Å². The quantitative estimate of drug-likeness (QED) is 0.361. The van der Waals surface area contributed by atoms with Crippen LogP contribution in [0.25, 0.3) is 11.3 Å². The fourth-order valence-electron chi connectivity index (χ4n) is 4.67. The Kier molecular flexibility index (Phi) is 8.31. The molecule has 0 saturated carbocycles. The lowest BCUT2D eigenvalue weighted by Gasteiger charge is -2.23. The van der Waals surface area contributed by atoms with Gasteiger partial charge in [0, 0.05) is 36.0 Å². The topological polar surface area (TPSA) is 87.5 Å². The third-order valence-corrected chi connectivity index (χ3v) is 7.01. The minimum absolute atomic E-state index is 0.0387. The third-order valence-electron chi connectivity index (χ3n) is 7.01. The Balaban J connectivity index is 1.54. The molecule has 1 saturated heterocycles. The normalized spacial score (nSPS) is 14.4. The molecular weight excluding hydrogens is 488 g/mol. The highest BCUT2D eigenvalue weighted by Crippen LogP contribution is 2.29. The number of hydrogen-bond acceptors (Lipinski definition) is 5. The van der Waals surface area contributed by atoms with Gasteiger partial charge in [-0.1, -0.05) is 58.8 Å². The van der Waals surface area contributed by atoms with E-state index < -0.39 is 0 Å². The third kappa shape index (κ3) is 7.57. The first-order valence-electron chi connectivity index (χ1n) is 13.8. The van der Waals surface area contributed by atoms with Crippen LogP contribution in [0.1, 0.15) is 92.0 Å². The molecule has 2 amide bonds. The Morgan fingerprint density at radius 1 is 0.949 bits per heavy atom. The lowest BCUT2D eigenvalue weighted by Crippen LogP contribution is -2.31. The van der Waals surface area contributed by atoms with E-state index in [1.807, 2.05) is 37.3 Å². The molecule has 1 fully saturated rings. The molecule has 1 aromatic heterocycles. The van der Waals surface area contributed by atoms with Crippen LogP contribution >= 0.6 is 0 Å². The predicted molar refractivity (Wildman–Crippen MR) is 156 cm³/mol. The van der Waals surface area contributed by atoms with Crippen molar-refractivity contribution in [3.63, 3.8) is 0 Å². The van der Waals surface area contributed by atoms with E-state index in [1.165, 1.54) is 18.4 Å². The zero-order valence-electron chi connectivity index (χ0n) is 24.4. The number of nitrogens with zero attached hydrogens (tertiary/aromatic N) is 2. The Morgan fingerprint density at radius 2 is 1.67 bits per heavy atom. The average molecular weight is 531 g/mol. The molecule has 0 bridgehead atoms. The molecule has 3 aromatic rings. The van der Waals surface area contributed by atoms with Crippen molar-refractivity contribution in [2.75, 3.05) is 25.0 Å². The number of rotatable bonds is 7. The fraction of sp³-hybridized carbons (Fsp3) is 0.469. The number of hydrogen-bond donors (Lipinski definition) is 2. The summed E-state index contributed by atoms with van der Waals surface area (Å²) in [6.45, 7) is 18.2. The number of benzene rings is 2. The Bertz CT molecular complexity index is 1340. The van der Waals surface area contributed by atoms with Gasteiger partial charge in [-0.25, -0.2) is 0 Å². The van der Waals surface area contributed by atoms with Crippen LogP contribution in [-0.4, -0.2) is 41.5 Å². The molecule has 0 spiro atoms. The monoisotopic (exact) mass is 530 g/mol. The number of carbonyl (C=O) groups is 2. The predicted octanol–water partition coefficient (Wildman–Crippen LogP) is 6.57. The van der Waals surface area contributed by atoms with E-state index in [2.05, 4.69) is 68.3 Å². The van der Waals surface area contributed by atoms with Crippen LogP contribution in [0.2, 0.25) is 0 Å². The summed E-state index contributed by atoms with van der Waals surface area (Å²) in [5.74, 6) is -0.289. The lowest BCUT2D eigenvalue weighted by molar-refractivity contribution is 0.0902. The minimum Gasteiger partial charge on any atom is -0.350 e. The van der Waals surface area contributed by atoms with E-state index in [1.54, 1.807) is 6.07 Å². The van der Waals surface area contributed by atoms with E-state index in [4.69, 9.17) is 4.52 Å². The van der Waals surface area contributed by atoms with Crippen molar-refractivity contribution in [3.05, 3.63) is 70.5 Å². The molecular formula is C32H42N4O3. The summed E-state index contributed by atoms with van der Waals surface area (Å²) in [5, 5.41) is 10.1. The second-order valence-corrected chi connectivity index (χ2v) is 13.0. The van der Waals surface area contributed by atoms with Gasteiger partial charge in [0.05, 0.1) is 0 Å². The number of amides is 2. The first-order valence-corrected chi connectivity index (χ1v) is 13.8.